The highest BCUT2D eigenvalue weighted by molar-refractivity contribution is 9.10. The van der Waals surface area contributed by atoms with E-state index in [4.69, 9.17) is 0 Å². The second-order valence-corrected chi connectivity index (χ2v) is 4.68. The number of nitrogens with zero attached hydrogens (tertiary/aromatic N) is 2. The number of nitrogens with one attached hydrogen (secondary N) is 1. The summed E-state index contributed by atoms with van der Waals surface area (Å²) in [6, 6.07) is 5.68. The van der Waals surface area contributed by atoms with Crippen LogP contribution < -0.4 is 5.32 Å². The molecule has 0 fully saturated rings. The summed E-state index contributed by atoms with van der Waals surface area (Å²) in [6.45, 7) is 1.98. The van der Waals surface area contributed by atoms with Gasteiger partial charge < -0.3 is 5.32 Å². The lowest BCUT2D eigenvalue weighted by Gasteiger charge is -2.05. The lowest BCUT2D eigenvalue weighted by Crippen LogP contribution is -2.11. The van der Waals surface area contributed by atoms with Crippen molar-refractivity contribution < 1.29 is 4.79 Å². The molecule has 0 saturated heterocycles. The molecule has 17 heavy (non-hydrogen) atoms. The standard InChI is InChI=1S/C12H12BrN3O/c1-8-5-10(3-4-11(8)13)15-12(17)9-6-14-16(2)7-9/h3-7H,1-2H3,(H,15,17). The van der Waals surface area contributed by atoms with Gasteiger partial charge in [0.25, 0.3) is 5.91 Å². The average Bonchev–Trinajstić information content (AvgIpc) is 2.70. The number of aromatic nitrogens is 2. The first-order chi connectivity index (χ1) is 8.06. The van der Waals surface area contributed by atoms with Crippen molar-refractivity contribution in [3.8, 4) is 0 Å². The molecule has 1 aromatic carbocycles. The smallest absolute Gasteiger partial charge is 0.258 e. The zero-order chi connectivity index (χ0) is 12.4. The van der Waals surface area contributed by atoms with Gasteiger partial charge in [0.15, 0.2) is 0 Å². The molecule has 2 aromatic rings. The molecule has 0 spiro atoms. The summed E-state index contributed by atoms with van der Waals surface area (Å²) in [5.41, 5.74) is 2.40. The molecule has 0 radical (unpaired) electrons. The summed E-state index contributed by atoms with van der Waals surface area (Å²) in [4.78, 5) is 11.8. The van der Waals surface area contributed by atoms with Gasteiger partial charge in [0.1, 0.15) is 0 Å². The predicted molar refractivity (Wildman–Crippen MR) is 70.0 cm³/mol. The Hall–Kier alpha value is -1.62. The molecule has 0 aliphatic carbocycles. The maximum atomic E-state index is 11.8. The number of aryl methyl sites for hydroxylation is 2. The van der Waals surface area contributed by atoms with Crippen LogP contribution in [0.25, 0.3) is 0 Å². The van der Waals surface area contributed by atoms with Crippen molar-refractivity contribution in [2.75, 3.05) is 5.32 Å². The first-order valence-electron chi connectivity index (χ1n) is 5.12. The van der Waals surface area contributed by atoms with Crippen LogP contribution in [-0.4, -0.2) is 15.7 Å². The van der Waals surface area contributed by atoms with Gasteiger partial charge in [0.05, 0.1) is 11.8 Å². The third-order valence-corrected chi connectivity index (χ3v) is 3.27. The molecule has 1 N–H and O–H groups in total. The average molecular weight is 294 g/mol. The number of amides is 1. The second kappa shape index (κ2) is 4.71. The van der Waals surface area contributed by atoms with E-state index in [2.05, 4.69) is 26.3 Å². The SMILES string of the molecule is Cc1cc(NC(=O)c2cnn(C)c2)ccc1Br. The Balaban J connectivity index is 2.15. The molecule has 1 heterocycles. The first-order valence-corrected chi connectivity index (χ1v) is 5.92. The number of anilines is 1. The summed E-state index contributed by atoms with van der Waals surface area (Å²) in [5, 5.41) is 6.79. The molecule has 4 nitrogen and oxygen atoms in total. The number of rotatable bonds is 2. The summed E-state index contributed by atoms with van der Waals surface area (Å²) < 4.78 is 2.62. The quantitative estimate of drug-likeness (QED) is 0.925. The molecule has 0 unspecified atom stereocenters. The molecule has 1 amide bonds. The Morgan fingerprint density at radius 2 is 2.24 bits per heavy atom. The Bertz CT molecular complexity index is 563. The van der Waals surface area contributed by atoms with Crippen LogP contribution in [0.1, 0.15) is 15.9 Å². The number of halogens is 1. The largest absolute Gasteiger partial charge is 0.322 e. The number of carbonyl (C=O) groups is 1. The molecule has 2 rings (SSSR count). The van der Waals surface area contributed by atoms with Crippen LogP contribution in [0.3, 0.4) is 0 Å². The fourth-order valence-electron chi connectivity index (χ4n) is 1.46. The maximum Gasteiger partial charge on any atom is 0.258 e. The fourth-order valence-corrected chi connectivity index (χ4v) is 1.71. The van der Waals surface area contributed by atoms with Gasteiger partial charge in [-0.25, -0.2) is 0 Å². The van der Waals surface area contributed by atoms with Crippen molar-refractivity contribution in [1.82, 2.24) is 9.78 Å². The number of carbonyl (C=O) groups excluding carboxylic acids is 1. The first kappa shape index (κ1) is 11.9. The van der Waals surface area contributed by atoms with Crippen LogP contribution in [0.4, 0.5) is 5.69 Å². The van der Waals surface area contributed by atoms with Crippen molar-refractivity contribution in [3.63, 3.8) is 0 Å². The summed E-state index contributed by atoms with van der Waals surface area (Å²) in [7, 11) is 1.78. The molecule has 0 atom stereocenters. The second-order valence-electron chi connectivity index (χ2n) is 3.82. The normalized spacial score (nSPS) is 10.3. The van der Waals surface area contributed by atoms with Gasteiger partial charge in [-0.3, -0.25) is 9.48 Å². The minimum absolute atomic E-state index is 0.153. The molecular formula is C12H12BrN3O. The van der Waals surface area contributed by atoms with Crippen molar-refractivity contribution >= 4 is 27.5 Å². The lowest BCUT2D eigenvalue weighted by molar-refractivity contribution is 0.102. The van der Waals surface area contributed by atoms with Crippen LogP contribution in [-0.2, 0) is 7.05 Å². The predicted octanol–water partition coefficient (Wildman–Crippen LogP) is 2.74. The van der Waals surface area contributed by atoms with Crippen molar-refractivity contribution in [2.45, 2.75) is 6.92 Å². The van der Waals surface area contributed by atoms with Crippen molar-refractivity contribution in [2.24, 2.45) is 7.05 Å². The van der Waals surface area contributed by atoms with E-state index in [0.717, 1.165) is 15.7 Å². The minimum Gasteiger partial charge on any atom is -0.322 e. The Morgan fingerprint density at radius 3 is 2.82 bits per heavy atom. The van der Waals surface area contributed by atoms with Gasteiger partial charge >= 0.3 is 0 Å². The molecule has 0 aliphatic heterocycles. The van der Waals surface area contributed by atoms with Gasteiger partial charge in [0, 0.05) is 23.4 Å². The zero-order valence-corrected chi connectivity index (χ0v) is 11.2. The summed E-state index contributed by atoms with van der Waals surface area (Å²) >= 11 is 3.42. The van der Waals surface area contributed by atoms with Gasteiger partial charge in [-0.1, -0.05) is 15.9 Å². The molecule has 5 heteroatoms. The van der Waals surface area contributed by atoms with Crippen LogP contribution in [0.2, 0.25) is 0 Å². The molecule has 1 aromatic heterocycles. The molecule has 0 aliphatic rings. The highest BCUT2D eigenvalue weighted by Gasteiger charge is 2.08. The van der Waals surface area contributed by atoms with E-state index < -0.39 is 0 Å². The minimum atomic E-state index is -0.153. The van der Waals surface area contributed by atoms with E-state index in [-0.39, 0.29) is 5.91 Å². The lowest BCUT2D eigenvalue weighted by atomic mass is 10.2. The zero-order valence-electron chi connectivity index (χ0n) is 9.57. The Kier molecular flexibility index (Phi) is 3.28. The van der Waals surface area contributed by atoms with E-state index in [0.29, 0.717) is 5.56 Å². The highest BCUT2D eigenvalue weighted by Crippen LogP contribution is 2.20. The van der Waals surface area contributed by atoms with E-state index in [1.165, 1.54) is 0 Å². The third-order valence-electron chi connectivity index (χ3n) is 2.38. The van der Waals surface area contributed by atoms with Crippen LogP contribution in [0, 0.1) is 6.92 Å². The van der Waals surface area contributed by atoms with E-state index >= 15 is 0 Å². The van der Waals surface area contributed by atoms with Crippen LogP contribution in [0.15, 0.2) is 35.1 Å². The topological polar surface area (TPSA) is 46.9 Å². The maximum absolute atomic E-state index is 11.8. The van der Waals surface area contributed by atoms with Crippen molar-refractivity contribution in [1.29, 1.82) is 0 Å². The molecule has 0 saturated carbocycles. The number of hydrogen-bond acceptors (Lipinski definition) is 2. The summed E-state index contributed by atoms with van der Waals surface area (Å²) in [6.07, 6.45) is 3.22. The Labute approximate surface area is 108 Å². The molecule has 88 valence electrons. The Morgan fingerprint density at radius 1 is 1.47 bits per heavy atom. The fraction of sp³-hybridized carbons (Fsp3) is 0.167. The van der Waals surface area contributed by atoms with E-state index in [1.807, 2.05) is 25.1 Å². The highest BCUT2D eigenvalue weighted by atomic mass is 79.9. The van der Waals surface area contributed by atoms with E-state index in [9.17, 15) is 4.79 Å². The molecule has 0 bridgehead atoms. The monoisotopic (exact) mass is 293 g/mol. The van der Waals surface area contributed by atoms with Crippen LogP contribution >= 0.6 is 15.9 Å². The third kappa shape index (κ3) is 2.74. The van der Waals surface area contributed by atoms with E-state index in [1.54, 1.807) is 24.1 Å². The van der Waals surface area contributed by atoms with Crippen LogP contribution in [0.5, 0.6) is 0 Å². The number of hydrogen-bond donors (Lipinski definition) is 1. The van der Waals surface area contributed by atoms with Gasteiger partial charge in [-0.15, -0.1) is 0 Å². The number of benzene rings is 1. The van der Waals surface area contributed by atoms with Gasteiger partial charge in [0.2, 0.25) is 0 Å². The molecular weight excluding hydrogens is 282 g/mol. The van der Waals surface area contributed by atoms with Crippen molar-refractivity contribution in [3.05, 3.63) is 46.2 Å². The van der Waals surface area contributed by atoms with Gasteiger partial charge in [-0.05, 0) is 30.7 Å². The summed E-state index contributed by atoms with van der Waals surface area (Å²) in [5.74, 6) is -0.153. The van der Waals surface area contributed by atoms with Gasteiger partial charge in [-0.2, -0.15) is 5.10 Å².